The molecule has 0 radical (unpaired) electrons. The van der Waals surface area contributed by atoms with Crippen molar-refractivity contribution in [2.45, 2.75) is 98.3 Å². The summed E-state index contributed by atoms with van der Waals surface area (Å²) >= 11 is 0. The second-order valence-electron chi connectivity index (χ2n) is 14.0. The minimum Gasteiger partial charge on any atom is -0.460 e. The van der Waals surface area contributed by atoms with E-state index in [4.69, 9.17) is 9.16 Å². The molecule has 2 aromatic rings. The molecule has 2 aromatic carbocycles. The fraction of sp³-hybridized carbons (Fsp3) is 0.588. The third-order valence-electron chi connectivity index (χ3n) is 8.05. The number of esters is 1. The first-order valence-corrected chi connectivity index (χ1v) is 16.8. The Kier molecular flexibility index (Phi) is 10.4. The van der Waals surface area contributed by atoms with Crippen LogP contribution in [0.2, 0.25) is 5.04 Å². The van der Waals surface area contributed by atoms with Crippen molar-refractivity contribution in [1.82, 2.24) is 5.32 Å². The fourth-order valence-corrected chi connectivity index (χ4v) is 11.1. The van der Waals surface area contributed by atoms with Crippen LogP contribution in [0, 0.1) is 23.7 Å². The number of carbonyl (C=O) groups is 2. The largest absolute Gasteiger partial charge is 0.460 e. The summed E-state index contributed by atoms with van der Waals surface area (Å²) in [6.07, 6.45) is 2.26. The van der Waals surface area contributed by atoms with E-state index in [0.29, 0.717) is 25.4 Å². The average molecular weight is 566 g/mol. The van der Waals surface area contributed by atoms with Crippen molar-refractivity contribution in [3.63, 3.8) is 0 Å². The maximum atomic E-state index is 13.3. The summed E-state index contributed by atoms with van der Waals surface area (Å²) in [5.41, 5.74) is -0.537. The zero-order valence-corrected chi connectivity index (χ0v) is 27.1. The van der Waals surface area contributed by atoms with Crippen molar-refractivity contribution < 1.29 is 18.8 Å². The summed E-state index contributed by atoms with van der Waals surface area (Å²) in [6, 6.07) is 21.3. The van der Waals surface area contributed by atoms with Gasteiger partial charge in [-0.05, 0) is 73.2 Å². The highest BCUT2D eigenvalue weighted by atomic mass is 28.4. The second kappa shape index (κ2) is 13.0. The third-order valence-corrected chi connectivity index (χ3v) is 13.1. The minimum atomic E-state index is -2.74. The van der Waals surface area contributed by atoms with Crippen LogP contribution in [0.25, 0.3) is 0 Å². The monoisotopic (exact) mass is 565 g/mol. The molecule has 6 heteroatoms. The minimum absolute atomic E-state index is 0.0160. The van der Waals surface area contributed by atoms with Gasteiger partial charge in [0.1, 0.15) is 5.60 Å². The number of nitrogens with one attached hydrogen (secondary N) is 1. The van der Waals surface area contributed by atoms with Gasteiger partial charge < -0.3 is 14.5 Å². The van der Waals surface area contributed by atoms with Crippen LogP contribution < -0.4 is 15.7 Å². The first-order valence-electron chi connectivity index (χ1n) is 14.9. The lowest BCUT2D eigenvalue weighted by Crippen LogP contribution is -2.67. The molecule has 4 unspecified atom stereocenters. The van der Waals surface area contributed by atoms with Crippen LogP contribution in [0.15, 0.2) is 60.7 Å². The molecule has 1 saturated carbocycles. The number of rotatable bonds is 10. The van der Waals surface area contributed by atoms with Crippen LogP contribution in [0.5, 0.6) is 0 Å². The first kappa shape index (κ1) is 32.1. The molecule has 40 heavy (non-hydrogen) atoms. The number of benzene rings is 2. The number of amides is 1. The van der Waals surface area contributed by atoms with Gasteiger partial charge in [-0.2, -0.15) is 0 Å². The highest BCUT2D eigenvalue weighted by Gasteiger charge is 2.52. The van der Waals surface area contributed by atoms with Crippen molar-refractivity contribution in [3.8, 4) is 0 Å². The molecule has 1 aliphatic carbocycles. The van der Waals surface area contributed by atoms with Crippen LogP contribution >= 0.6 is 0 Å². The Morgan fingerprint density at radius 2 is 1.43 bits per heavy atom. The molecule has 1 aliphatic rings. The molecule has 3 rings (SSSR count). The van der Waals surface area contributed by atoms with Crippen molar-refractivity contribution in [2.75, 3.05) is 6.61 Å². The van der Waals surface area contributed by atoms with E-state index in [9.17, 15) is 9.59 Å². The summed E-state index contributed by atoms with van der Waals surface area (Å²) in [6.45, 7) is 19.1. The van der Waals surface area contributed by atoms with Crippen molar-refractivity contribution in [1.29, 1.82) is 0 Å². The molecule has 0 bridgehead atoms. The van der Waals surface area contributed by atoms with Crippen LogP contribution in [-0.4, -0.2) is 38.4 Å². The van der Waals surface area contributed by atoms with Gasteiger partial charge in [0.2, 0.25) is 5.91 Å². The average Bonchev–Trinajstić information content (AvgIpc) is 3.27. The molecule has 1 N–H and O–H groups in total. The summed E-state index contributed by atoms with van der Waals surface area (Å²) in [5, 5.41) is 5.60. The lowest BCUT2D eigenvalue weighted by molar-refractivity contribution is -0.159. The predicted molar refractivity (Wildman–Crippen MR) is 166 cm³/mol. The summed E-state index contributed by atoms with van der Waals surface area (Å²) in [5.74, 6) is 0.280. The normalized spacial score (nSPS) is 20.8. The summed E-state index contributed by atoms with van der Waals surface area (Å²) in [4.78, 5) is 25.6. The highest BCUT2D eigenvalue weighted by molar-refractivity contribution is 6.99. The summed E-state index contributed by atoms with van der Waals surface area (Å²) in [7, 11) is -2.74. The molecule has 1 amide bonds. The smallest absolute Gasteiger partial charge is 0.309 e. The zero-order valence-electron chi connectivity index (χ0n) is 26.1. The lowest BCUT2D eigenvalue weighted by Gasteiger charge is -2.44. The van der Waals surface area contributed by atoms with Crippen molar-refractivity contribution in [3.05, 3.63) is 60.7 Å². The number of hydrogen-bond donors (Lipinski definition) is 1. The molecule has 0 aromatic heterocycles. The fourth-order valence-electron chi connectivity index (χ4n) is 6.52. The van der Waals surface area contributed by atoms with Gasteiger partial charge in [-0.3, -0.25) is 9.59 Å². The van der Waals surface area contributed by atoms with Crippen LogP contribution in [0.4, 0.5) is 0 Å². The molecule has 5 nitrogen and oxygen atoms in total. The SMILES string of the molecule is CC(=O)NC(CC(C)C)C1CC(C(=O)OC(C)(C)C)CC1CO[Si](c1ccccc1)(c1ccccc1)C(C)(C)C. The maximum Gasteiger partial charge on any atom is 0.309 e. The van der Waals surface area contributed by atoms with Gasteiger partial charge in [-0.25, -0.2) is 0 Å². The van der Waals surface area contributed by atoms with Gasteiger partial charge in [0, 0.05) is 19.6 Å². The van der Waals surface area contributed by atoms with Gasteiger partial charge >= 0.3 is 5.97 Å². The maximum absolute atomic E-state index is 13.3. The van der Waals surface area contributed by atoms with E-state index in [1.165, 1.54) is 10.4 Å². The first-order chi connectivity index (χ1) is 18.6. The van der Waals surface area contributed by atoms with Crippen molar-refractivity contribution in [2.24, 2.45) is 23.7 Å². The second-order valence-corrected chi connectivity index (χ2v) is 18.3. The van der Waals surface area contributed by atoms with E-state index < -0.39 is 13.9 Å². The summed E-state index contributed by atoms with van der Waals surface area (Å²) < 4.78 is 13.2. The Hall–Kier alpha value is -2.44. The van der Waals surface area contributed by atoms with E-state index in [-0.39, 0.29) is 40.7 Å². The molecule has 0 saturated heterocycles. The molecular weight excluding hydrogens is 514 g/mol. The van der Waals surface area contributed by atoms with E-state index in [0.717, 1.165) is 6.42 Å². The number of hydrogen-bond acceptors (Lipinski definition) is 4. The third kappa shape index (κ3) is 7.85. The van der Waals surface area contributed by atoms with Gasteiger partial charge in [-0.1, -0.05) is 95.3 Å². The van der Waals surface area contributed by atoms with E-state index in [1.807, 2.05) is 20.8 Å². The van der Waals surface area contributed by atoms with E-state index >= 15 is 0 Å². The standard InChI is InChI=1S/C34H51NO4Si/c1-24(2)20-31(35-25(3)36)30-22-26(32(37)39-33(4,5)6)21-27(30)23-38-40(34(7,8)9,28-16-12-10-13-17-28)29-18-14-11-15-19-29/h10-19,24,26-27,30-31H,20-23H2,1-9H3,(H,35,36). The zero-order chi connectivity index (χ0) is 29.7. The predicted octanol–water partition coefficient (Wildman–Crippen LogP) is 6.10. The van der Waals surface area contributed by atoms with Crippen LogP contribution in [0.1, 0.15) is 81.6 Å². The molecule has 0 spiro atoms. The topological polar surface area (TPSA) is 64.6 Å². The number of carbonyl (C=O) groups excluding carboxylic acids is 2. The highest BCUT2D eigenvalue weighted by Crippen LogP contribution is 2.43. The van der Waals surface area contributed by atoms with Crippen LogP contribution in [0.3, 0.4) is 0 Å². The molecule has 4 atom stereocenters. The Labute approximate surface area is 243 Å². The quantitative estimate of drug-likeness (QED) is 0.279. The van der Waals surface area contributed by atoms with Gasteiger partial charge in [0.25, 0.3) is 8.32 Å². The Morgan fingerprint density at radius 1 is 0.900 bits per heavy atom. The van der Waals surface area contributed by atoms with Crippen molar-refractivity contribution >= 4 is 30.6 Å². The Bertz CT molecular complexity index is 1060. The lowest BCUT2D eigenvalue weighted by atomic mass is 9.84. The molecule has 0 heterocycles. The van der Waals surface area contributed by atoms with E-state index in [2.05, 4.69) is 101 Å². The number of ether oxygens (including phenoxy) is 1. The molecule has 0 aliphatic heterocycles. The van der Waals surface area contributed by atoms with Gasteiger partial charge in [0.15, 0.2) is 0 Å². The molecular formula is C34H51NO4Si. The van der Waals surface area contributed by atoms with Gasteiger partial charge in [0.05, 0.1) is 5.92 Å². The van der Waals surface area contributed by atoms with E-state index in [1.54, 1.807) is 6.92 Å². The Morgan fingerprint density at radius 3 is 1.85 bits per heavy atom. The molecule has 220 valence electrons. The van der Waals surface area contributed by atoms with Gasteiger partial charge in [-0.15, -0.1) is 0 Å². The Balaban J connectivity index is 2.03. The molecule has 1 fully saturated rings. The van der Waals surface area contributed by atoms with Crippen LogP contribution in [-0.2, 0) is 18.8 Å².